The van der Waals surface area contributed by atoms with E-state index in [0.717, 1.165) is 17.5 Å². The predicted molar refractivity (Wildman–Crippen MR) is 415 cm³/mol. The fraction of sp³-hybridized carbons (Fsp3) is 0.143. The Morgan fingerprint density at radius 3 is 1.04 bits per heavy atom. The van der Waals surface area contributed by atoms with E-state index in [-0.39, 0.29) is 18.8 Å². The molecule has 0 unspecified atom stereocenters. The summed E-state index contributed by atoms with van der Waals surface area (Å²) in [5, 5.41) is 0. The molecule has 0 aromatic heterocycles. The molecule has 5 nitrogen and oxygen atoms in total. The monoisotopic (exact) mass is 1260 g/mol. The van der Waals surface area contributed by atoms with Crippen LogP contribution in [0.4, 0.5) is 73.9 Å². The summed E-state index contributed by atoms with van der Waals surface area (Å²) in [4.78, 5) is 13.7. The van der Waals surface area contributed by atoms with Gasteiger partial charge >= 0.3 is 0 Å². The SMILES string of the molecule is CC(C)(C)c1cc2c3c(c1)N(c1c(-c4ccccc4)cccc1-c1ccccc1)c1ccccc1B3c1cc3c(cc1N2c1ccccc1)N(c1c(-c2ccccc2)cccc1-c1ccccc1)c1cc(N2C4CC5CC(C4)CC2C5)cc2c1B3c1ccccc1N2c1ccccc1. The van der Waals surface area contributed by atoms with Gasteiger partial charge in [0, 0.05) is 96.9 Å². The van der Waals surface area contributed by atoms with Crippen LogP contribution in [0.5, 0.6) is 0 Å². The molecule has 0 spiro atoms. The van der Waals surface area contributed by atoms with Crippen LogP contribution in [-0.4, -0.2) is 25.5 Å². The summed E-state index contributed by atoms with van der Waals surface area (Å²) in [6.07, 6.45) is 6.48. The smallest absolute Gasteiger partial charge is 0.252 e. The van der Waals surface area contributed by atoms with Gasteiger partial charge in [-0.15, -0.1) is 0 Å². The molecule has 2 aliphatic carbocycles. The number of para-hydroxylation sites is 6. The van der Waals surface area contributed by atoms with Gasteiger partial charge in [0.15, 0.2) is 0 Å². The van der Waals surface area contributed by atoms with Gasteiger partial charge in [0.25, 0.3) is 13.4 Å². The van der Waals surface area contributed by atoms with Crippen LogP contribution in [0.3, 0.4) is 0 Å². The topological polar surface area (TPSA) is 16.2 Å². The Hall–Kier alpha value is -11.0. The molecule has 98 heavy (non-hydrogen) atoms. The Kier molecular flexibility index (Phi) is 13.0. The fourth-order valence-electron chi connectivity index (χ4n) is 19.1. The Morgan fingerprint density at radius 1 is 0.276 bits per heavy atom. The highest BCUT2D eigenvalue weighted by Gasteiger charge is 2.52. The van der Waals surface area contributed by atoms with Crippen LogP contribution < -0.4 is 57.3 Å². The lowest BCUT2D eigenvalue weighted by Gasteiger charge is -2.58. The number of hydrogen-bond acceptors (Lipinski definition) is 5. The molecule has 0 radical (unpaired) electrons. The standard InChI is InChI=1S/C91H73B2N5/c1-91(2,3)65-53-83-87-84(54-65)97(89-71(61-28-10-4-11-29-61)40-26-41-72(89)62-30-12-5-13-31-62)80-47-25-23-45-76(80)93(87)77-57-78-82(58-81(77)96(83)67-38-20-9-21-39-67)98(90-73(63-32-14-6-15-33-63)42-27-43-74(90)64-34-16-7-17-35-64)86-56-70(94-68-49-59-48-60(51-68)52-69(94)50-59)55-85-88(86)92(78)75-44-22-24-46-79(75)95(85)66-36-18-8-19-37-66/h4-47,53-60,68-69H,48-52H2,1-3H3. The van der Waals surface area contributed by atoms with Crippen molar-refractivity contribution in [3.05, 3.63) is 309 Å². The summed E-state index contributed by atoms with van der Waals surface area (Å²) in [5.41, 5.74) is 34.0. The molecule has 7 heteroatoms. The summed E-state index contributed by atoms with van der Waals surface area (Å²) in [7, 11) is 0. The molecular weight excluding hydrogens is 1180 g/mol. The summed E-state index contributed by atoms with van der Waals surface area (Å²) in [6.45, 7) is 6.86. The second kappa shape index (κ2) is 22.3. The van der Waals surface area contributed by atoms with Crippen LogP contribution in [0.25, 0.3) is 44.5 Å². The third-order valence-electron chi connectivity index (χ3n) is 23.0. The molecule has 0 atom stereocenters. The van der Waals surface area contributed by atoms with Crippen LogP contribution in [0.15, 0.2) is 303 Å². The van der Waals surface area contributed by atoms with Gasteiger partial charge in [0.2, 0.25) is 0 Å². The second-order valence-electron chi connectivity index (χ2n) is 29.5. The molecule has 6 heterocycles. The largest absolute Gasteiger partial charge is 0.365 e. The first-order valence-corrected chi connectivity index (χ1v) is 35.6. The van der Waals surface area contributed by atoms with Gasteiger partial charge in [-0.2, -0.15) is 0 Å². The van der Waals surface area contributed by atoms with Crippen molar-refractivity contribution < 1.29 is 0 Å². The van der Waals surface area contributed by atoms with Gasteiger partial charge in [0.1, 0.15) is 0 Å². The first-order chi connectivity index (χ1) is 48.3. The highest BCUT2D eigenvalue weighted by molar-refractivity contribution is 7.03. The molecular formula is C91H73B2N5. The third kappa shape index (κ3) is 8.80. The summed E-state index contributed by atoms with van der Waals surface area (Å²) in [6, 6.07) is 117. The fourth-order valence-corrected chi connectivity index (χ4v) is 19.1. The molecule has 2 saturated heterocycles. The molecule has 21 rings (SSSR count). The van der Waals surface area contributed by atoms with Crippen LogP contribution in [-0.2, 0) is 5.41 Å². The van der Waals surface area contributed by atoms with E-state index in [1.807, 2.05) is 0 Å². The van der Waals surface area contributed by atoms with Gasteiger partial charge in [-0.05, 0) is 177 Å². The average Bonchev–Trinajstić information content (AvgIpc) is 0.681. The minimum atomic E-state index is -0.233. The van der Waals surface area contributed by atoms with Crippen molar-refractivity contribution in [1.82, 2.24) is 0 Å². The molecule has 2 saturated carbocycles. The highest BCUT2D eigenvalue weighted by atomic mass is 15.2. The number of rotatable bonds is 9. The number of hydrogen-bond donors (Lipinski definition) is 0. The Labute approximate surface area is 576 Å². The number of benzene rings is 13. The van der Waals surface area contributed by atoms with Gasteiger partial charge in [-0.1, -0.05) is 257 Å². The van der Waals surface area contributed by atoms with E-state index in [9.17, 15) is 0 Å². The highest BCUT2D eigenvalue weighted by Crippen LogP contribution is 2.57. The van der Waals surface area contributed by atoms with E-state index in [1.54, 1.807) is 0 Å². The minimum Gasteiger partial charge on any atom is -0.365 e. The van der Waals surface area contributed by atoms with Crippen molar-refractivity contribution in [3.8, 4) is 44.5 Å². The number of anilines is 13. The maximum absolute atomic E-state index is 2.94. The average molecular weight is 1260 g/mol. The zero-order valence-corrected chi connectivity index (χ0v) is 55.6. The Morgan fingerprint density at radius 2 is 0.612 bits per heavy atom. The normalized spacial score (nSPS) is 18.0. The Balaban J connectivity index is 0.929. The van der Waals surface area contributed by atoms with E-state index >= 15 is 0 Å². The minimum absolute atomic E-state index is 0.143. The molecule has 0 N–H and O–H groups in total. The maximum Gasteiger partial charge on any atom is 0.252 e. The quantitative estimate of drug-likeness (QED) is 0.134. The number of fused-ring (bicyclic) bond motifs is 8. The van der Waals surface area contributed by atoms with Crippen molar-refractivity contribution in [1.29, 1.82) is 0 Å². The maximum atomic E-state index is 2.94. The molecule has 4 fully saturated rings. The van der Waals surface area contributed by atoms with Crippen molar-refractivity contribution in [2.45, 2.75) is 70.4 Å². The van der Waals surface area contributed by atoms with Gasteiger partial charge < -0.3 is 24.5 Å². The van der Waals surface area contributed by atoms with Gasteiger partial charge in [-0.25, -0.2) is 0 Å². The van der Waals surface area contributed by atoms with Crippen LogP contribution in [0, 0.1) is 11.8 Å². The first kappa shape index (κ1) is 57.3. The molecule has 13 aromatic carbocycles. The second-order valence-corrected chi connectivity index (χ2v) is 29.5. The van der Waals surface area contributed by atoms with Crippen molar-refractivity contribution >= 4 is 120 Å². The van der Waals surface area contributed by atoms with E-state index in [1.165, 1.54) is 183 Å². The van der Waals surface area contributed by atoms with E-state index in [2.05, 4.69) is 349 Å². The van der Waals surface area contributed by atoms with Crippen molar-refractivity contribution in [2.24, 2.45) is 11.8 Å². The summed E-state index contributed by atoms with van der Waals surface area (Å²) >= 11 is 0. The van der Waals surface area contributed by atoms with Crippen LogP contribution >= 0.6 is 0 Å². The predicted octanol–water partition coefficient (Wildman–Crippen LogP) is 19.6. The zero-order chi connectivity index (χ0) is 64.9. The van der Waals surface area contributed by atoms with Gasteiger partial charge in [0.05, 0.1) is 11.4 Å². The molecule has 4 bridgehead atoms. The summed E-state index contributed by atoms with van der Waals surface area (Å²) < 4.78 is 0. The molecule has 468 valence electrons. The lowest BCUT2D eigenvalue weighted by Crippen LogP contribution is -2.65. The Bertz CT molecular complexity index is 5160. The first-order valence-electron chi connectivity index (χ1n) is 35.6. The van der Waals surface area contributed by atoms with Crippen LogP contribution in [0.1, 0.15) is 58.4 Å². The van der Waals surface area contributed by atoms with Crippen LogP contribution in [0.2, 0.25) is 0 Å². The lowest BCUT2D eigenvalue weighted by atomic mass is 9.30. The number of piperidine rings is 2. The van der Waals surface area contributed by atoms with E-state index < -0.39 is 0 Å². The van der Waals surface area contributed by atoms with Crippen molar-refractivity contribution in [3.63, 3.8) is 0 Å². The molecule has 8 aliphatic rings. The molecule has 0 amide bonds. The van der Waals surface area contributed by atoms with E-state index in [0.29, 0.717) is 12.1 Å². The molecule has 13 aromatic rings. The van der Waals surface area contributed by atoms with Gasteiger partial charge in [-0.3, -0.25) is 0 Å². The number of nitrogens with zero attached hydrogens (tertiary/aromatic N) is 5. The third-order valence-corrected chi connectivity index (χ3v) is 23.0. The summed E-state index contributed by atoms with van der Waals surface area (Å²) in [5.74, 6) is 1.62. The zero-order valence-electron chi connectivity index (χ0n) is 55.6. The van der Waals surface area contributed by atoms with E-state index in [4.69, 9.17) is 0 Å². The lowest BCUT2D eigenvalue weighted by molar-refractivity contribution is 0.0900. The molecule has 6 aliphatic heterocycles. The van der Waals surface area contributed by atoms with Crippen molar-refractivity contribution in [2.75, 3.05) is 24.5 Å².